The van der Waals surface area contributed by atoms with Crippen molar-refractivity contribution in [1.82, 2.24) is 9.80 Å². The van der Waals surface area contributed by atoms with Crippen LogP contribution in [-0.2, 0) is 16.0 Å². The number of piperidine rings is 1. The van der Waals surface area contributed by atoms with Gasteiger partial charge in [-0.2, -0.15) is 0 Å². The molecule has 1 aromatic carbocycles. The summed E-state index contributed by atoms with van der Waals surface area (Å²) in [5, 5.41) is 9.38. The second-order valence-corrected chi connectivity index (χ2v) is 8.32. The van der Waals surface area contributed by atoms with Crippen LogP contribution in [0.25, 0.3) is 0 Å². The molecular weight excluding hydrogens is 389 g/mol. The van der Waals surface area contributed by atoms with Gasteiger partial charge in [0, 0.05) is 44.9 Å². The van der Waals surface area contributed by atoms with Gasteiger partial charge in [-0.15, -0.1) is 0 Å². The highest BCUT2D eigenvalue weighted by Gasteiger charge is 2.35. The molecule has 4 rings (SSSR count). The van der Waals surface area contributed by atoms with Crippen LogP contribution >= 0.6 is 0 Å². The molecule has 0 aliphatic carbocycles. The molecule has 8 heteroatoms. The molecule has 0 unspecified atom stereocenters. The molecule has 2 atom stereocenters. The number of hydrogen-bond donors (Lipinski definition) is 1. The van der Waals surface area contributed by atoms with E-state index in [9.17, 15) is 19.1 Å². The number of morpholine rings is 1. The number of amides is 2. The summed E-state index contributed by atoms with van der Waals surface area (Å²) in [6.45, 7) is 3.97. The molecule has 3 aliphatic heterocycles. The maximum atomic E-state index is 13.6. The number of likely N-dealkylation sites (tertiary alicyclic amines) is 1. The van der Waals surface area contributed by atoms with Crippen LogP contribution in [0.15, 0.2) is 23.2 Å². The highest BCUT2D eigenvalue weighted by atomic mass is 19.1. The SMILES string of the molecule is O=C(O)C[C@@H]1CCN(C(=O)N2CCOCC2)C[C@@H]1CC1=NCCc2cc(F)ccc21. The molecule has 3 aliphatic rings. The van der Waals surface area contributed by atoms with Crippen molar-refractivity contribution in [3.8, 4) is 0 Å². The molecule has 0 saturated carbocycles. The van der Waals surface area contributed by atoms with Gasteiger partial charge in [0.25, 0.3) is 0 Å². The first-order valence-corrected chi connectivity index (χ1v) is 10.7. The lowest BCUT2D eigenvalue weighted by Gasteiger charge is -2.41. The number of urea groups is 1. The number of nitrogens with zero attached hydrogens (tertiary/aromatic N) is 3. The number of fused-ring (bicyclic) bond motifs is 1. The van der Waals surface area contributed by atoms with E-state index in [1.807, 2.05) is 9.80 Å². The zero-order chi connectivity index (χ0) is 21.1. The number of carbonyl (C=O) groups is 2. The lowest BCUT2D eigenvalue weighted by molar-refractivity contribution is -0.139. The van der Waals surface area contributed by atoms with Crippen LogP contribution in [0.1, 0.15) is 30.4 Å². The largest absolute Gasteiger partial charge is 0.481 e. The maximum Gasteiger partial charge on any atom is 0.320 e. The van der Waals surface area contributed by atoms with Crippen LogP contribution in [0.2, 0.25) is 0 Å². The average Bonchev–Trinajstić information content (AvgIpc) is 2.74. The molecule has 3 heterocycles. The Hall–Kier alpha value is -2.48. The van der Waals surface area contributed by atoms with Crippen LogP contribution in [-0.4, -0.2) is 78.6 Å². The fourth-order valence-electron chi connectivity index (χ4n) is 4.80. The van der Waals surface area contributed by atoms with Gasteiger partial charge in [-0.1, -0.05) is 0 Å². The Labute approximate surface area is 175 Å². The summed E-state index contributed by atoms with van der Waals surface area (Å²) in [7, 11) is 0. The number of carbonyl (C=O) groups excluding carboxylic acids is 1. The van der Waals surface area contributed by atoms with E-state index in [0.717, 1.165) is 16.8 Å². The molecular formula is C22H28FN3O4. The Morgan fingerprint density at radius 3 is 2.73 bits per heavy atom. The quantitative estimate of drug-likeness (QED) is 0.816. The minimum atomic E-state index is -0.814. The molecule has 0 spiro atoms. The lowest BCUT2D eigenvalue weighted by Crippen LogP contribution is -2.52. The summed E-state index contributed by atoms with van der Waals surface area (Å²) in [5.74, 6) is -1.07. The van der Waals surface area contributed by atoms with Crippen molar-refractivity contribution in [3.05, 3.63) is 35.1 Å². The number of aliphatic carboxylic acids is 1. The third kappa shape index (κ3) is 4.64. The average molecular weight is 417 g/mol. The highest BCUT2D eigenvalue weighted by molar-refractivity contribution is 6.02. The minimum absolute atomic E-state index is 0.00475. The van der Waals surface area contributed by atoms with E-state index < -0.39 is 5.97 Å². The van der Waals surface area contributed by atoms with E-state index in [0.29, 0.717) is 65.2 Å². The minimum Gasteiger partial charge on any atom is -0.481 e. The smallest absolute Gasteiger partial charge is 0.320 e. The zero-order valence-electron chi connectivity index (χ0n) is 17.1. The number of carboxylic acid groups (broad SMARTS) is 1. The van der Waals surface area contributed by atoms with Gasteiger partial charge in [-0.05, 0) is 60.4 Å². The molecule has 0 radical (unpaired) electrons. The Bertz CT molecular complexity index is 838. The Kier molecular flexibility index (Phi) is 6.32. The van der Waals surface area contributed by atoms with Crippen molar-refractivity contribution in [2.24, 2.45) is 16.8 Å². The van der Waals surface area contributed by atoms with Crippen molar-refractivity contribution in [2.75, 3.05) is 45.9 Å². The number of ether oxygens (including phenoxy) is 1. The number of aliphatic imine (C=N–C) groups is 1. The molecule has 2 saturated heterocycles. The van der Waals surface area contributed by atoms with Crippen molar-refractivity contribution >= 4 is 17.7 Å². The standard InChI is InChI=1S/C22H28FN3O4/c23-18-1-2-19-16(11-18)3-5-24-20(19)12-17-14-26(6-4-15(17)13-21(27)28)22(29)25-7-9-30-10-8-25/h1-2,11,15,17H,3-10,12-14H2,(H,27,28)/t15-,17-/m0/s1. The maximum absolute atomic E-state index is 13.6. The van der Waals surface area contributed by atoms with Gasteiger partial charge in [0.2, 0.25) is 0 Å². The summed E-state index contributed by atoms with van der Waals surface area (Å²) >= 11 is 0. The fourth-order valence-corrected chi connectivity index (χ4v) is 4.80. The van der Waals surface area contributed by atoms with Crippen LogP contribution < -0.4 is 0 Å². The van der Waals surface area contributed by atoms with Crippen LogP contribution in [0, 0.1) is 17.7 Å². The number of hydrogen-bond acceptors (Lipinski definition) is 4. The number of rotatable bonds is 4. The first-order chi connectivity index (χ1) is 14.5. The van der Waals surface area contributed by atoms with Gasteiger partial charge < -0.3 is 19.6 Å². The van der Waals surface area contributed by atoms with E-state index in [-0.39, 0.29) is 30.1 Å². The molecule has 2 amide bonds. The Morgan fingerprint density at radius 2 is 1.97 bits per heavy atom. The summed E-state index contributed by atoms with van der Waals surface area (Å²) in [6, 6.07) is 4.79. The third-order valence-electron chi connectivity index (χ3n) is 6.40. The molecule has 30 heavy (non-hydrogen) atoms. The van der Waals surface area contributed by atoms with Gasteiger partial charge in [-0.3, -0.25) is 9.79 Å². The van der Waals surface area contributed by atoms with Crippen LogP contribution in [0.5, 0.6) is 0 Å². The highest BCUT2D eigenvalue weighted by Crippen LogP contribution is 2.32. The van der Waals surface area contributed by atoms with Gasteiger partial charge in [-0.25, -0.2) is 9.18 Å². The predicted octanol–water partition coefficient (Wildman–Crippen LogP) is 2.43. The van der Waals surface area contributed by atoms with E-state index in [4.69, 9.17) is 4.74 Å². The van der Waals surface area contributed by atoms with Gasteiger partial charge in [0.15, 0.2) is 0 Å². The van der Waals surface area contributed by atoms with Crippen molar-refractivity contribution in [3.63, 3.8) is 0 Å². The first kappa shape index (κ1) is 20.8. The molecule has 2 fully saturated rings. The zero-order valence-corrected chi connectivity index (χ0v) is 17.1. The normalized spacial score (nSPS) is 24.2. The summed E-state index contributed by atoms with van der Waals surface area (Å²) in [4.78, 5) is 32.7. The van der Waals surface area contributed by atoms with Crippen molar-refractivity contribution in [2.45, 2.75) is 25.7 Å². The monoisotopic (exact) mass is 417 g/mol. The second kappa shape index (κ2) is 9.12. The van der Waals surface area contributed by atoms with Gasteiger partial charge >= 0.3 is 12.0 Å². The fraction of sp³-hybridized carbons (Fsp3) is 0.591. The lowest BCUT2D eigenvalue weighted by atomic mass is 9.78. The third-order valence-corrected chi connectivity index (χ3v) is 6.40. The Balaban J connectivity index is 1.51. The van der Waals surface area contributed by atoms with Crippen LogP contribution in [0.3, 0.4) is 0 Å². The molecule has 0 bridgehead atoms. The van der Waals surface area contributed by atoms with E-state index in [1.54, 1.807) is 12.1 Å². The van der Waals surface area contributed by atoms with E-state index in [2.05, 4.69) is 4.99 Å². The number of halogens is 1. The molecule has 162 valence electrons. The summed E-state index contributed by atoms with van der Waals surface area (Å²) in [6.07, 6.45) is 2.06. The number of carboxylic acids is 1. The topological polar surface area (TPSA) is 82.4 Å². The molecule has 1 aromatic rings. The van der Waals surface area contributed by atoms with Gasteiger partial charge in [0.1, 0.15) is 5.82 Å². The summed E-state index contributed by atoms with van der Waals surface area (Å²) < 4.78 is 19.0. The first-order valence-electron chi connectivity index (χ1n) is 10.7. The van der Waals surface area contributed by atoms with Crippen molar-refractivity contribution < 1.29 is 23.8 Å². The molecule has 0 aromatic heterocycles. The van der Waals surface area contributed by atoms with E-state index >= 15 is 0 Å². The molecule has 1 N–H and O–H groups in total. The van der Waals surface area contributed by atoms with Crippen molar-refractivity contribution in [1.29, 1.82) is 0 Å². The Morgan fingerprint density at radius 1 is 1.17 bits per heavy atom. The summed E-state index contributed by atoms with van der Waals surface area (Å²) in [5.41, 5.74) is 2.80. The predicted molar refractivity (Wildman–Crippen MR) is 109 cm³/mol. The number of benzene rings is 1. The van der Waals surface area contributed by atoms with Gasteiger partial charge in [0.05, 0.1) is 13.2 Å². The molecule has 7 nitrogen and oxygen atoms in total. The second-order valence-electron chi connectivity index (χ2n) is 8.32. The van der Waals surface area contributed by atoms with E-state index in [1.165, 1.54) is 6.07 Å². The van der Waals surface area contributed by atoms with Crippen LogP contribution in [0.4, 0.5) is 9.18 Å².